The predicted octanol–water partition coefficient (Wildman–Crippen LogP) is 2.91. The maximum Gasteiger partial charge on any atom is 0.262 e. The first-order valence-corrected chi connectivity index (χ1v) is 8.78. The van der Waals surface area contributed by atoms with Gasteiger partial charge in [0.1, 0.15) is 11.8 Å². The van der Waals surface area contributed by atoms with Crippen molar-refractivity contribution in [2.75, 3.05) is 0 Å². The van der Waals surface area contributed by atoms with Crippen LogP contribution in [0.2, 0.25) is 0 Å². The van der Waals surface area contributed by atoms with Gasteiger partial charge in [0, 0.05) is 5.56 Å². The lowest BCUT2D eigenvalue weighted by Gasteiger charge is -2.20. The van der Waals surface area contributed by atoms with Gasteiger partial charge in [0.25, 0.3) is 11.8 Å². The minimum Gasteiger partial charge on any atom is -0.507 e. The average Bonchev–Trinajstić information content (AvgIpc) is 2.64. The summed E-state index contributed by atoms with van der Waals surface area (Å²) in [4.78, 5) is 24.8. The smallest absolute Gasteiger partial charge is 0.262 e. The minimum absolute atomic E-state index is 0.106. The van der Waals surface area contributed by atoms with Crippen molar-refractivity contribution in [2.45, 2.75) is 33.7 Å². The lowest BCUT2D eigenvalue weighted by atomic mass is 10.0. The molecule has 0 spiro atoms. The van der Waals surface area contributed by atoms with Crippen LogP contribution in [-0.4, -0.2) is 29.2 Å². The third-order valence-corrected chi connectivity index (χ3v) is 4.17. The average molecular weight is 367 g/mol. The molecule has 2 aromatic carbocycles. The predicted molar refractivity (Wildman–Crippen MR) is 106 cm³/mol. The molecule has 6 heteroatoms. The quantitative estimate of drug-likeness (QED) is 0.542. The van der Waals surface area contributed by atoms with Crippen LogP contribution in [0.25, 0.3) is 0 Å². The summed E-state index contributed by atoms with van der Waals surface area (Å²) in [6, 6.07) is 11.6. The van der Waals surface area contributed by atoms with Gasteiger partial charge in [-0.25, -0.2) is 5.43 Å². The highest BCUT2D eigenvalue weighted by atomic mass is 16.3. The first-order valence-electron chi connectivity index (χ1n) is 8.78. The van der Waals surface area contributed by atoms with Crippen molar-refractivity contribution >= 4 is 18.0 Å². The van der Waals surface area contributed by atoms with Gasteiger partial charge in [0.15, 0.2) is 0 Å². The molecule has 0 aliphatic carbocycles. The Morgan fingerprint density at radius 3 is 2.22 bits per heavy atom. The summed E-state index contributed by atoms with van der Waals surface area (Å²) in [5.41, 5.74) is 5.20. The number of hydrogen-bond donors (Lipinski definition) is 3. The number of nitrogens with zero attached hydrogens (tertiary/aromatic N) is 1. The summed E-state index contributed by atoms with van der Waals surface area (Å²) < 4.78 is 0. The molecule has 2 amide bonds. The Labute approximate surface area is 159 Å². The lowest BCUT2D eigenvalue weighted by Crippen LogP contribution is -2.48. The van der Waals surface area contributed by atoms with Gasteiger partial charge in [0.2, 0.25) is 0 Å². The van der Waals surface area contributed by atoms with Crippen LogP contribution in [0.15, 0.2) is 47.6 Å². The van der Waals surface area contributed by atoms with Crippen LogP contribution >= 0.6 is 0 Å². The zero-order valence-corrected chi connectivity index (χ0v) is 16.0. The molecule has 0 heterocycles. The molecular formula is C21H25N3O3. The molecule has 0 aromatic heterocycles. The Bertz CT molecular complexity index is 822. The van der Waals surface area contributed by atoms with Crippen molar-refractivity contribution in [3.05, 3.63) is 64.7 Å². The number of amides is 2. The molecule has 1 unspecified atom stereocenters. The summed E-state index contributed by atoms with van der Waals surface area (Å²) in [6.45, 7) is 7.30. The van der Waals surface area contributed by atoms with Crippen LogP contribution < -0.4 is 10.7 Å². The van der Waals surface area contributed by atoms with Crippen LogP contribution in [0.4, 0.5) is 0 Å². The zero-order valence-electron chi connectivity index (χ0n) is 16.0. The van der Waals surface area contributed by atoms with E-state index in [0.29, 0.717) is 5.56 Å². The molecule has 0 bridgehead atoms. The van der Waals surface area contributed by atoms with Crippen molar-refractivity contribution in [2.24, 2.45) is 11.0 Å². The lowest BCUT2D eigenvalue weighted by molar-refractivity contribution is -0.123. The summed E-state index contributed by atoms with van der Waals surface area (Å²) in [7, 11) is 0. The monoisotopic (exact) mass is 367 g/mol. The van der Waals surface area contributed by atoms with Crippen molar-refractivity contribution < 1.29 is 14.7 Å². The molecule has 0 fully saturated rings. The number of benzene rings is 2. The van der Waals surface area contributed by atoms with Crippen LogP contribution in [0.5, 0.6) is 5.75 Å². The number of phenols is 1. The van der Waals surface area contributed by atoms with E-state index in [0.717, 1.165) is 16.7 Å². The maximum absolute atomic E-state index is 12.5. The highest BCUT2D eigenvalue weighted by Gasteiger charge is 2.24. The number of nitrogens with one attached hydrogen (secondary N) is 2. The first kappa shape index (κ1) is 20.2. The summed E-state index contributed by atoms with van der Waals surface area (Å²) in [5.74, 6) is -0.554. The Hall–Kier alpha value is -3.15. The topological polar surface area (TPSA) is 90.8 Å². The van der Waals surface area contributed by atoms with E-state index in [-0.39, 0.29) is 17.6 Å². The van der Waals surface area contributed by atoms with Crippen LogP contribution in [-0.2, 0) is 4.79 Å². The molecule has 6 nitrogen and oxygen atoms in total. The molecule has 2 aromatic rings. The molecule has 1 atom stereocenters. The Morgan fingerprint density at radius 2 is 1.67 bits per heavy atom. The summed E-state index contributed by atoms with van der Waals surface area (Å²) in [6.07, 6.45) is 1.51. The molecule has 0 radical (unpaired) electrons. The number of aromatic hydroxyl groups is 1. The van der Waals surface area contributed by atoms with Crippen LogP contribution in [0, 0.1) is 19.8 Å². The zero-order chi connectivity index (χ0) is 20.0. The molecule has 0 saturated carbocycles. The van der Waals surface area contributed by atoms with Crippen molar-refractivity contribution in [1.29, 1.82) is 0 Å². The largest absolute Gasteiger partial charge is 0.507 e. The fraction of sp³-hybridized carbons (Fsp3) is 0.286. The normalized spacial score (nSPS) is 12.2. The van der Waals surface area contributed by atoms with E-state index in [1.54, 1.807) is 50.2 Å². The maximum atomic E-state index is 12.5. The molecule has 0 aliphatic heterocycles. The van der Waals surface area contributed by atoms with E-state index >= 15 is 0 Å². The van der Waals surface area contributed by atoms with E-state index in [2.05, 4.69) is 15.8 Å². The van der Waals surface area contributed by atoms with Crippen LogP contribution in [0.3, 0.4) is 0 Å². The second kappa shape index (κ2) is 8.98. The summed E-state index contributed by atoms with van der Waals surface area (Å²) >= 11 is 0. The Balaban J connectivity index is 2.04. The number of phenolic OH excluding ortho intramolecular Hbond substituents is 1. The van der Waals surface area contributed by atoms with E-state index in [9.17, 15) is 14.7 Å². The van der Waals surface area contributed by atoms with Gasteiger partial charge in [0.05, 0.1) is 6.21 Å². The van der Waals surface area contributed by atoms with Gasteiger partial charge in [-0.3, -0.25) is 9.59 Å². The second-order valence-electron chi connectivity index (χ2n) is 6.80. The van der Waals surface area contributed by atoms with Crippen molar-refractivity contribution in [3.63, 3.8) is 0 Å². The molecule has 142 valence electrons. The highest BCUT2D eigenvalue weighted by Crippen LogP contribution is 2.21. The SMILES string of the molecule is Cc1cc(C=NNC(=O)C(NC(=O)c2ccccc2)C(C)C)cc(C)c1O. The third-order valence-electron chi connectivity index (χ3n) is 4.17. The molecular weight excluding hydrogens is 342 g/mol. The van der Waals surface area contributed by atoms with Crippen molar-refractivity contribution in [3.8, 4) is 5.75 Å². The molecule has 0 saturated heterocycles. The Morgan fingerprint density at radius 1 is 1.07 bits per heavy atom. The van der Waals surface area contributed by atoms with E-state index in [1.165, 1.54) is 6.21 Å². The third kappa shape index (κ3) is 5.41. The molecule has 2 rings (SSSR count). The second-order valence-corrected chi connectivity index (χ2v) is 6.80. The number of carbonyl (C=O) groups is 2. The van der Waals surface area contributed by atoms with Gasteiger partial charge in [-0.15, -0.1) is 0 Å². The van der Waals surface area contributed by atoms with Gasteiger partial charge >= 0.3 is 0 Å². The standard InChI is InChI=1S/C21H25N3O3/c1-13(2)18(23-20(26)17-8-6-5-7-9-17)21(27)24-22-12-16-10-14(3)19(25)15(4)11-16/h5-13,18,25H,1-4H3,(H,23,26)(H,24,27). The van der Waals surface area contributed by atoms with Crippen LogP contribution in [0.1, 0.15) is 40.9 Å². The molecule has 3 N–H and O–H groups in total. The van der Waals surface area contributed by atoms with Gasteiger partial charge in [-0.2, -0.15) is 5.10 Å². The number of hydrazone groups is 1. The van der Waals surface area contributed by atoms with E-state index < -0.39 is 11.9 Å². The number of rotatable bonds is 6. The minimum atomic E-state index is -0.710. The van der Waals surface area contributed by atoms with E-state index in [1.807, 2.05) is 19.9 Å². The highest BCUT2D eigenvalue weighted by molar-refractivity contribution is 5.97. The number of aryl methyl sites for hydroxylation is 2. The van der Waals surface area contributed by atoms with E-state index in [4.69, 9.17) is 0 Å². The first-order chi connectivity index (χ1) is 12.8. The van der Waals surface area contributed by atoms with Gasteiger partial charge < -0.3 is 10.4 Å². The molecule has 0 aliphatic rings. The summed E-state index contributed by atoms with van der Waals surface area (Å²) in [5, 5.41) is 16.5. The number of hydrogen-bond acceptors (Lipinski definition) is 4. The number of carbonyl (C=O) groups excluding carboxylic acids is 2. The molecule has 27 heavy (non-hydrogen) atoms. The fourth-order valence-corrected chi connectivity index (χ4v) is 2.65. The van der Waals surface area contributed by atoms with Gasteiger partial charge in [-0.05, 0) is 60.7 Å². The van der Waals surface area contributed by atoms with Crippen molar-refractivity contribution in [1.82, 2.24) is 10.7 Å². The van der Waals surface area contributed by atoms with Gasteiger partial charge in [-0.1, -0.05) is 32.0 Å². The Kier molecular flexibility index (Phi) is 6.71. The fourth-order valence-electron chi connectivity index (χ4n) is 2.65.